The molecule has 0 saturated carbocycles. The van der Waals surface area contributed by atoms with Crippen molar-refractivity contribution in [3.63, 3.8) is 0 Å². The largest absolute Gasteiger partial charge is 0.480 e. The number of sulfonamides is 1. The SMILES string of the molecule is CC(C)[C@H](NS(=O)(=O)C(C)C(=O)N(C)C)C(=O)O. The minimum absolute atomic E-state index is 0.418. The number of carboxylic acid groups (broad SMARTS) is 1. The average Bonchev–Trinajstić information content (AvgIpc) is 2.22. The molecule has 0 aromatic heterocycles. The van der Waals surface area contributed by atoms with E-state index in [9.17, 15) is 18.0 Å². The number of carbonyl (C=O) groups excluding carboxylic acids is 1. The van der Waals surface area contributed by atoms with Gasteiger partial charge in [0.25, 0.3) is 0 Å². The first-order valence-corrected chi connectivity index (χ1v) is 7.00. The van der Waals surface area contributed by atoms with E-state index >= 15 is 0 Å². The fourth-order valence-electron chi connectivity index (χ4n) is 1.25. The van der Waals surface area contributed by atoms with Gasteiger partial charge in [0.05, 0.1) is 0 Å². The van der Waals surface area contributed by atoms with E-state index in [1.807, 2.05) is 0 Å². The molecule has 0 rings (SSSR count). The lowest BCUT2D eigenvalue weighted by molar-refractivity contribution is -0.140. The van der Waals surface area contributed by atoms with Gasteiger partial charge in [-0.3, -0.25) is 9.59 Å². The summed E-state index contributed by atoms with van der Waals surface area (Å²) in [6.07, 6.45) is 0. The third-order valence-corrected chi connectivity index (χ3v) is 4.19. The van der Waals surface area contributed by atoms with Crippen molar-refractivity contribution in [1.82, 2.24) is 9.62 Å². The molecular formula is C10H20N2O5S. The molecule has 0 heterocycles. The number of carbonyl (C=O) groups is 2. The van der Waals surface area contributed by atoms with E-state index in [0.717, 1.165) is 4.90 Å². The third kappa shape index (κ3) is 4.26. The summed E-state index contributed by atoms with van der Waals surface area (Å²) in [5, 5.41) is 7.59. The highest BCUT2D eigenvalue weighted by Gasteiger charge is 2.34. The predicted octanol–water partition coefficient (Wildman–Crippen LogP) is -0.508. The van der Waals surface area contributed by atoms with Gasteiger partial charge in [0.1, 0.15) is 6.04 Å². The quantitative estimate of drug-likeness (QED) is 0.682. The van der Waals surface area contributed by atoms with E-state index in [4.69, 9.17) is 5.11 Å². The standard InChI is InChI=1S/C10H20N2O5S/c1-6(2)8(10(14)15)11-18(16,17)7(3)9(13)12(4)5/h6-8,11H,1-5H3,(H,14,15)/t7?,8-/m0/s1. The maximum Gasteiger partial charge on any atom is 0.321 e. The summed E-state index contributed by atoms with van der Waals surface area (Å²) in [5.41, 5.74) is 0. The fraction of sp³-hybridized carbons (Fsp3) is 0.800. The Bertz CT molecular complexity index is 416. The van der Waals surface area contributed by atoms with E-state index in [2.05, 4.69) is 4.72 Å². The van der Waals surface area contributed by atoms with Crippen molar-refractivity contribution in [2.24, 2.45) is 5.92 Å². The number of amides is 1. The number of hydrogen-bond acceptors (Lipinski definition) is 4. The monoisotopic (exact) mass is 280 g/mol. The van der Waals surface area contributed by atoms with Crippen LogP contribution in [0.25, 0.3) is 0 Å². The maximum atomic E-state index is 11.9. The highest BCUT2D eigenvalue weighted by molar-refractivity contribution is 7.90. The van der Waals surface area contributed by atoms with Gasteiger partial charge in [0, 0.05) is 14.1 Å². The van der Waals surface area contributed by atoms with Crippen LogP contribution in [0.15, 0.2) is 0 Å². The zero-order valence-corrected chi connectivity index (χ0v) is 12.0. The summed E-state index contributed by atoms with van der Waals surface area (Å²) >= 11 is 0. The zero-order valence-electron chi connectivity index (χ0n) is 11.2. The molecule has 106 valence electrons. The molecule has 0 radical (unpaired) electrons. The van der Waals surface area contributed by atoms with Crippen LogP contribution in [0.3, 0.4) is 0 Å². The van der Waals surface area contributed by atoms with Gasteiger partial charge in [-0.1, -0.05) is 13.8 Å². The van der Waals surface area contributed by atoms with Crippen LogP contribution >= 0.6 is 0 Å². The molecule has 0 spiro atoms. The summed E-state index contributed by atoms with van der Waals surface area (Å²) in [6, 6.07) is -1.24. The number of nitrogens with one attached hydrogen (secondary N) is 1. The minimum Gasteiger partial charge on any atom is -0.480 e. The van der Waals surface area contributed by atoms with Gasteiger partial charge >= 0.3 is 5.97 Å². The number of carboxylic acids is 1. The van der Waals surface area contributed by atoms with Gasteiger partial charge in [-0.15, -0.1) is 0 Å². The molecule has 2 atom stereocenters. The Morgan fingerprint density at radius 3 is 1.89 bits per heavy atom. The number of hydrogen-bond donors (Lipinski definition) is 2. The second-order valence-electron chi connectivity index (χ2n) is 4.60. The highest BCUT2D eigenvalue weighted by atomic mass is 32.2. The smallest absolute Gasteiger partial charge is 0.321 e. The van der Waals surface area contributed by atoms with Crippen LogP contribution < -0.4 is 4.72 Å². The number of rotatable bonds is 6. The van der Waals surface area contributed by atoms with Gasteiger partial charge in [0.2, 0.25) is 15.9 Å². The van der Waals surface area contributed by atoms with Crippen molar-refractivity contribution in [3.05, 3.63) is 0 Å². The van der Waals surface area contributed by atoms with E-state index in [1.165, 1.54) is 21.0 Å². The lowest BCUT2D eigenvalue weighted by Gasteiger charge is -2.22. The van der Waals surface area contributed by atoms with E-state index in [0.29, 0.717) is 0 Å². The second-order valence-corrected chi connectivity index (χ2v) is 6.63. The molecule has 1 amide bonds. The molecule has 0 saturated heterocycles. The van der Waals surface area contributed by atoms with Crippen molar-refractivity contribution in [2.45, 2.75) is 32.1 Å². The van der Waals surface area contributed by atoms with Crippen LogP contribution in [0.5, 0.6) is 0 Å². The van der Waals surface area contributed by atoms with Crippen LogP contribution in [0.2, 0.25) is 0 Å². The summed E-state index contributed by atoms with van der Waals surface area (Å²) in [5.74, 6) is -2.28. The van der Waals surface area contributed by atoms with Crippen molar-refractivity contribution in [1.29, 1.82) is 0 Å². The maximum absolute atomic E-state index is 11.9. The van der Waals surface area contributed by atoms with Gasteiger partial charge in [-0.25, -0.2) is 8.42 Å². The Morgan fingerprint density at radius 2 is 1.61 bits per heavy atom. The van der Waals surface area contributed by atoms with Gasteiger partial charge in [0.15, 0.2) is 5.25 Å². The minimum atomic E-state index is -4.02. The first kappa shape index (κ1) is 16.9. The first-order valence-electron chi connectivity index (χ1n) is 5.45. The van der Waals surface area contributed by atoms with Crippen molar-refractivity contribution >= 4 is 21.9 Å². The topological polar surface area (TPSA) is 104 Å². The van der Waals surface area contributed by atoms with E-state index in [1.54, 1.807) is 13.8 Å². The summed E-state index contributed by atoms with van der Waals surface area (Å²) in [4.78, 5) is 23.6. The molecule has 2 N–H and O–H groups in total. The molecule has 0 aromatic carbocycles. The zero-order chi connectivity index (χ0) is 14.7. The average molecular weight is 280 g/mol. The van der Waals surface area contributed by atoms with Crippen LogP contribution in [-0.2, 0) is 19.6 Å². The molecule has 0 aliphatic heterocycles. The van der Waals surface area contributed by atoms with Gasteiger partial charge in [-0.05, 0) is 12.8 Å². The van der Waals surface area contributed by atoms with Crippen LogP contribution in [0, 0.1) is 5.92 Å². The molecule has 8 heteroatoms. The Kier molecular flexibility index (Phi) is 5.75. The van der Waals surface area contributed by atoms with Crippen LogP contribution in [0.4, 0.5) is 0 Å². The lowest BCUT2D eigenvalue weighted by Crippen LogP contribution is -2.50. The summed E-state index contributed by atoms with van der Waals surface area (Å²) < 4.78 is 25.8. The molecule has 18 heavy (non-hydrogen) atoms. The highest BCUT2D eigenvalue weighted by Crippen LogP contribution is 2.08. The van der Waals surface area contributed by atoms with Crippen LogP contribution in [-0.4, -0.2) is 55.7 Å². The summed E-state index contributed by atoms with van der Waals surface area (Å²) in [6.45, 7) is 4.39. The molecule has 1 unspecified atom stereocenters. The van der Waals surface area contributed by atoms with E-state index < -0.39 is 39.1 Å². The Balaban J connectivity index is 5.06. The second kappa shape index (κ2) is 6.14. The normalized spacial score (nSPS) is 15.2. The molecule has 0 bridgehead atoms. The molecule has 0 fully saturated rings. The van der Waals surface area contributed by atoms with E-state index in [-0.39, 0.29) is 0 Å². The first-order chi connectivity index (χ1) is 8.00. The Morgan fingerprint density at radius 1 is 1.17 bits per heavy atom. The molecular weight excluding hydrogens is 260 g/mol. The Labute approximate surface area is 107 Å². The van der Waals surface area contributed by atoms with Crippen molar-refractivity contribution in [3.8, 4) is 0 Å². The van der Waals surface area contributed by atoms with Crippen LogP contribution in [0.1, 0.15) is 20.8 Å². The van der Waals surface area contributed by atoms with Gasteiger partial charge < -0.3 is 10.0 Å². The molecule has 0 aliphatic carbocycles. The predicted molar refractivity (Wildman–Crippen MR) is 66.5 cm³/mol. The molecule has 7 nitrogen and oxygen atoms in total. The molecule has 0 aromatic rings. The number of aliphatic carboxylic acids is 1. The van der Waals surface area contributed by atoms with Crippen molar-refractivity contribution in [2.75, 3.05) is 14.1 Å². The summed E-state index contributed by atoms with van der Waals surface area (Å²) in [7, 11) is -1.14. The fourth-order valence-corrected chi connectivity index (χ4v) is 2.65. The number of nitrogens with zero attached hydrogens (tertiary/aromatic N) is 1. The Hall–Kier alpha value is -1.15. The van der Waals surface area contributed by atoms with Gasteiger partial charge in [-0.2, -0.15) is 4.72 Å². The third-order valence-electron chi connectivity index (χ3n) is 2.48. The van der Waals surface area contributed by atoms with Crippen molar-refractivity contribution < 1.29 is 23.1 Å². The molecule has 0 aliphatic rings. The lowest BCUT2D eigenvalue weighted by atomic mass is 10.1.